The Morgan fingerprint density at radius 2 is 2.07 bits per heavy atom. The molecule has 3 heterocycles. The second kappa shape index (κ2) is 8.93. The molecule has 1 saturated heterocycles. The van der Waals surface area contributed by atoms with Crippen LogP contribution in [0.2, 0.25) is 0 Å². The van der Waals surface area contributed by atoms with E-state index in [0.717, 1.165) is 43.1 Å². The highest BCUT2D eigenvalue weighted by molar-refractivity contribution is 5.63. The van der Waals surface area contributed by atoms with E-state index in [-0.39, 0.29) is 0 Å². The highest BCUT2D eigenvalue weighted by Crippen LogP contribution is 2.24. The summed E-state index contributed by atoms with van der Waals surface area (Å²) in [6, 6.07) is 8.50. The lowest BCUT2D eigenvalue weighted by atomic mass is 10.0. The Hall–Kier alpha value is -2.77. The van der Waals surface area contributed by atoms with Gasteiger partial charge in [-0.15, -0.1) is 0 Å². The molecule has 1 fully saturated rings. The van der Waals surface area contributed by atoms with Gasteiger partial charge >= 0.3 is 0 Å². The summed E-state index contributed by atoms with van der Waals surface area (Å²) in [4.78, 5) is 11.5. The van der Waals surface area contributed by atoms with Gasteiger partial charge in [-0.05, 0) is 51.0 Å². The molecular weight excluding hydrogens is 376 g/mol. The molecule has 0 unspecified atom stereocenters. The van der Waals surface area contributed by atoms with Gasteiger partial charge in [0.15, 0.2) is 0 Å². The maximum Gasteiger partial charge on any atom is 0.227 e. The van der Waals surface area contributed by atoms with Crippen molar-refractivity contribution in [3.8, 4) is 11.3 Å². The average Bonchev–Trinajstić information content (AvgIpc) is 3.15. The molecule has 2 aromatic heterocycles. The molecule has 0 radical (unpaired) electrons. The number of hydrogen-bond acceptors (Lipinski definition) is 6. The fourth-order valence-electron chi connectivity index (χ4n) is 3.71. The number of likely N-dealkylation sites (tertiary alicyclic amines) is 1. The molecule has 0 aliphatic carbocycles. The molecule has 3 aromatic rings. The summed E-state index contributed by atoms with van der Waals surface area (Å²) in [7, 11) is 0. The Bertz CT molecular complexity index is 993. The predicted octanol–water partition coefficient (Wildman–Crippen LogP) is 4.02. The molecule has 1 aromatic carbocycles. The van der Waals surface area contributed by atoms with Crippen molar-refractivity contribution >= 4 is 11.6 Å². The Morgan fingerprint density at radius 1 is 1.23 bits per heavy atom. The summed E-state index contributed by atoms with van der Waals surface area (Å²) in [5.41, 5.74) is 5.50. The summed E-state index contributed by atoms with van der Waals surface area (Å²) >= 11 is 0. The van der Waals surface area contributed by atoms with Crippen LogP contribution in [0.15, 0.2) is 42.9 Å². The molecule has 4 rings (SSSR count). The van der Waals surface area contributed by atoms with Crippen molar-refractivity contribution in [2.45, 2.75) is 53.0 Å². The zero-order valence-corrected chi connectivity index (χ0v) is 18.2. The second-order valence-corrected chi connectivity index (χ2v) is 8.12. The first kappa shape index (κ1) is 20.5. The SMILES string of the molecule is CCn1cc(Nc2nccc(-c3ccc(CN4CC(OC(C)C)C4)c(C)c3)n2)cn1. The van der Waals surface area contributed by atoms with E-state index >= 15 is 0 Å². The first-order valence-corrected chi connectivity index (χ1v) is 10.6. The monoisotopic (exact) mass is 406 g/mol. The van der Waals surface area contributed by atoms with E-state index in [4.69, 9.17) is 4.74 Å². The van der Waals surface area contributed by atoms with Gasteiger partial charge in [-0.2, -0.15) is 5.10 Å². The van der Waals surface area contributed by atoms with Gasteiger partial charge in [-0.1, -0.05) is 12.1 Å². The summed E-state index contributed by atoms with van der Waals surface area (Å²) in [5, 5.41) is 7.50. The van der Waals surface area contributed by atoms with Gasteiger partial charge in [-0.3, -0.25) is 9.58 Å². The van der Waals surface area contributed by atoms with Crippen LogP contribution in [0, 0.1) is 6.92 Å². The zero-order valence-electron chi connectivity index (χ0n) is 18.2. The number of rotatable bonds is 8. The van der Waals surface area contributed by atoms with E-state index in [1.54, 1.807) is 12.4 Å². The van der Waals surface area contributed by atoms with Crippen molar-refractivity contribution in [1.29, 1.82) is 0 Å². The zero-order chi connectivity index (χ0) is 21.1. The molecule has 1 aliphatic rings. The highest BCUT2D eigenvalue weighted by Gasteiger charge is 2.28. The quantitative estimate of drug-likeness (QED) is 0.609. The van der Waals surface area contributed by atoms with Crippen molar-refractivity contribution in [2.24, 2.45) is 0 Å². The van der Waals surface area contributed by atoms with Crippen molar-refractivity contribution in [2.75, 3.05) is 18.4 Å². The van der Waals surface area contributed by atoms with Crippen LogP contribution in [0.4, 0.5) is 11.6 Å². The minimum atomic E-state index is 0.299. The maximum atomic E-state index is 5.86. The van der Waals surface area contributed by atoms with Crippen LogP contribution in [0.5, 0.6) is 0 Å². The number of aryl methyl sites for hydroxylation is 2. The van der Waals surface area contributed by atoms with E-state index in [1.165, 1.54) is 11.1 Å². The Balaban J connectivity index is 1.41. The lowest BCUT2D eigenvalue weighted by Gasteiger charge is -2.40. The molecular formula is C23H30N6O. The summed E-state index contributed by atoms with van der Waals surface area (Å²) in [6.45, 7) is 12.2. The maximum absolute atomic E-state index is 5.86. The molecule has 30 heavy (non-hydrogen) atoms. The van der Waals surface area contributed by atoms with Crippen molar-refractivity contribution < 1.29 is 4.74 Å². The Morgan fingerprint density at radius 3 is 2.77 bits per heavy atom. The highest BCUT2D eigenvalue weighted by atomic mass is 16.5. The minimum absolute atomic E-state index is 0.299. The van der Waals surface area contributed by atoms with Gasteiger partial charge in [0.25, 0.3) is 0 Å². The summed E-state index contributed by atoms with van der Waals surface area (Å²) in [6.07, 6.45) is 6.19. The van der Waals surface area contributed by atoms with E-state index in [2.05, 4.69) is 71.2 Å². The van der Waals surface area contributed by atoms with Crippen LogP contribution >= 0.6 is 0 Å². The first-order chi connectivity index (χ1) is 14.5. The number of nitrogens with one attached hydrogen (secondary N) is 1. The van der Waals surface area contributed by atoms with Crippen molar-refractivity contribution in [3.63, 3.8) is 0 Å². The van der Waals surface area contributed by atoms with Gasteiger partial charge < -0.3 is 10.1 Å². The molecule has 158 valence electrons. The second-order valence-electron chi connectivity index (χ2n) is 8.12. The third-order valence-electron chi connectivity index (χ3n) is 5.29. The van der Waals surface area contributed by atoms with E-state index in [0.29, 0.717) is 18.2 Å². The number of aromatic nitrogens is 4. The summed E-state index contributed by atoms with van der Waals surface area (Å²) < 4.78 is 7.72. The Labute approximate surface area is 178 Å². The van der Waals surface area contributed by atoms with Gasteiger partial charge in [0.1, 0.15) is 0 Å². The van der Waals surface area contributed by atoms with Crippen LogP contribution in [0.3, 0.4) is 0 Å². The van der Waals surface area contributed by atoms with Gasteiger partial charge in [0.05, 0.1) is 29.8 Å². The van der Waals surface area contributed by atoms with Crippen LogP contribution in [0.1, 0.15) is 31.9 Å². The molecule has 7 nitrogen and oxygen atoms in total. The molecule has 0 bridgehead atoms. The van der Waals surface area contributed by atoms with Crippen LogP contribution < -0.4 is 5.32 Å². The van der Waals surface area contributed by atoms with Crippen molar-refractivity contribution in [3.05, 3.63) is 54.0 Å². The van der Waals surface area contributed by atoms with Crippen LogP contribution in [0.25, 0.3) is 11.3 Å². The van der Waals surface area contributed by atoms with Crippen LogP contribution in [-0.2, 0) is 17.8 Å². The fraction of sp³-hybridized carbons (Fsp3) is 0.435. The largest absolute Gasteiger partial charge is 0.373 e. The normalized spacial score (nSPS) is 14.8. The van der Waals surface area contributed by atoms with Crippen LogP contribution in [-0.4, -0.2) is 49.9 Å². The van der Waals surface area contributed by atoms with E-state index in [9.17, 15) is 0 Å². The lowest BCUT2D eigenvalue weighted by Crippen LogP contribution is -2.52. The molecule has 0 atom stereocenters. The van der Waals surface area contributed by atoms with E-state index in [1.807, 2.05) is 16.9 Å². The first-order valence-electron chi connectivity index (χ1n) is 10.6. The number of anilines is 2. The topological polar surface area (TPSA) is 68.1 Å². The fourth-order valence-corrected chi connectivity index (χ4v) is 3.71. The third-order valence-corrected chi connectivity index (χ3v) is 5.29. The van der Waals surface area contributed by atoms with Gasteiger partial charge in [0, 0.05) is 44.1 Å². The van der Waals surface area contributed by atoms with Gasteiger partial charge in [-0.25, -0.2) is 9.97 Å². The van der Waals surface area contributed by atoms with Crippen molar-refractivity contribution in [1.82, 2.24) is 24.6 Å². The molecule has 7 heteroatoms. The van der Waals surface area contributed by atoms with Gasteiger partial charge in [0.2, 0.25) is 5.95 Å². The molecule has 0 amide bonds. The number of nitrogens with zero attached hydrogens (tertiary/aromatic N) is 5. The molecule has 1 aliphatic heterocycles. The number of benzene rings is 1. The predicted molar refractivity (Wildman–Crippen MR) is 119 cm³/mol. The number of ether oxygens (including phenoxy) is 1. The molecule has 1 N–H and O–H groups in total. The molecule has 0 saturated carbocycles. The standard InChI is InChI=1S/C23H30N6O/c1-5-29-13-20(11-25-29)26-23-24-9-8-22(27-23)18-6-7-19(17(4)10-18)12-28-14-21(15-28)30-16(2)3/h6-11,13,16,21H,5,12,14-15H2,1-4H3,(H,24,26,27). The lowest BCUT2D eigenvalue weighted by molar-refractivity contribution is -0.0834. The molecule has 0 spiro atoms. The van der Waals surface area contributed by atoms with E-state index < -0.39 is 0 Å². The average molecular weight is 407 g/mol. The smallest absolute Gasteiger partial charge is 0.227 e. The Kier molecular flexibility index (Phi) is 6.11. The third kappa shape index (κ3) is 4.86. The number of hydrogen-bond donors (Lipinski definition) is 1. The minimum Gasteiger partial charge on any atom is -0.373 e. The summed E-state index contributed by atoms with van der Waals surface area (Å²) in [5.74, 6) is 0.571.